The molecule has 2 rings (SSSR count). The number of ether oxygens (including phenoxy) is 1. The van der Waals surface area contributed by atoms with Gasteiger partial charge in [-0.25, -0.2) is 4.79 Å². The molecule has 1 aromatic carbocycles. The fraction of sp³-hybridized carbons (Fsp3) is 0.471. The van der Waals surface area contributed by atoms with Crippen molar-refractivity contribution in [3.63, 3.8) is 0 Å². The number of rotatable bonds is 5. The molecule has 7 nitrogen and oxygen atoms in total. The first kappa shape index (κ1) is 17.8. The third-order valence-corrected chi connectivity index (χ3v) is 4.20. The Morgan fingerprint density at radius 2 is 1.96 bits per heavy atom. The van der Waals surface area contributed by atoms with Gasteiger partial charge in [-0.2, -0.15) is 0 Å². The van der Waals surface area contributed by atoms with Gasteiger partial charge < -0.3 is 20.7 Å². The van der Waals surface area contributed by atoms with Gasteiger partial charge >= 0.3 is 6.09 Å². The van der Waals surface area contributed by atoms with Crippen LogP contribution in [0.3, 0.4) is 0 Å². The van der Waals surface area contributed by atoms with E-state index in [1.807, 2.05) is 37.3 Å². The van der Waals surface area contributed by atoms with Crippen LogP contribution in [0, 0.1) is 5.92 Å². The zero-order chi connectivity index (χ0) is 17.5. The number of alkyl carbamates (subject to hydrolysis) is 1. The molecule has 1 heterocycles. The molecule has 3 amide bonds. The van der Waals surface area contributed by atoms with Crippen molar-refractivity contribution in [3.05, 3.63) is 35.9 Å². The Morgan fingerprint density at radius 3 is 2.62 bits per heavy atom. The predicted molar refractivity (Wildman–Crippen MR) is 87.7 cm³/mol. The van der Waals surface area contributed by atoms with Crippen molar-refractivity contribution in [1.82, 2.24) is 10.2 Å². The molecule has 1 fully saturated rings. The van der Waals surface area contributed by atoms with E-state index >= 15 is 0 Å². The Labute approximate surface area is 141 Å². The maximum atomic E-state index is 12.3. The molecule has 0 bridgehead atoms. The van der Waals surface area contributed by atoms with E-state index in [1.165, 1.54) is 0 Å². The molecule has 1 aromatic rings. The highest BCUT2D eigenvalue weighted by Gasteiger charge is 2.31. The van der Waals surface area contributed by atoms with Gasteiger partial charge in [-0.3, -0.25) is 9.59 Å². The number of likely N-dealkylation sites (tertiary alicyclic amines) is 1. The number of hydrogen-bond acceptors (Lipinski definition) is 4. The summed E-state index contributed by atoms with van der Waals surface area (Å²) >= 11 is 0. The molecule has 0 spiro atoms. The number of benzene rings is 1. The first-order valence-electron chi connectivity index (χ1n) is 8.00. The summed E-state index contributed by atoms with van der Waals surface area (Å²) in [6, 6.07) is 9.30. The minimum atomic E-state index is -0.650. The normalized spacial score (nSPS) is 20.3. The summed E-state index contributed by atoms with van der Waals surface area (Å²) < 4.78 is 5.06. The van der Waals surface area contributed by atoms with Crippen LogP contribution in [-0.4, -0.2) is 41.9 Å². The van der Waals surface area contributed by atoms with Crippen LogP contribution in [0.1, 0.15) is 25.3 Å². The second-order valence-electron chi connectivity index (χ2n) is 5.99. The summed E-state index contributed by atoms with van der Waals surface area (Å²) in [7, 11) is 0. The lowest BCUT2D eigenvalue weighted by atomic mass is 9.93. The van der Waals surface area contributed by atoms with Crippen LogP contribution in [0.5, 0.6) is 0 Å². The highest BCUT2D eigenvalue weighted by molar-refractivity contribution is 5.84. The van der Waals surface area contributed by atoms with Gasteiger partial charge in [0, 0.05) is 12.6 Å². The SMILES string of the molecule is C[C@H]1CC[C@@H](C(N)=O)CN1C(=O)CNC(=O)OCc1ccccc1. The quantitative estimate of drug-likeness (QED) is 0.840. The number of hydrogen-bond donors (Lipinski definition) is 2. The molecular weight excluding hydrogens is 310 g/mol. The molecule has 0 radical (unpaired) electrons. The van der Waals surface area contributed by atoms with E-state index in [0.717, 1.165) is 12.0 Å². The first-order valence-corrected chi connectivity index (χ1v) is 8.00. The maximum Gasteiger partial charge on any atom is 0.407 e. The van der Waals surface area contributed by atoms with Gasteiger partial charge in [-0.05, 0) is 25.3 Å². The third kappa shape index (κ3) is 4.97. The zero-order valence-corrected chi connectivity index (χ0v) is 13.7. The van der Waals surface area contributed by atoms with Crippen molar-refractivity contribution in [2.75, 3.05) is 13.1 Å². The number of piperidine rings is 1. The molecule has 0 saturated carbocycles. The molecule has 1 aliphatic heterocycles. The smallest absolute Gasteiger partial charge is 0.407 e. The van der Waals surface area contributed by atoms with E-state index in [1.54, 1.807) is 4.90 Å². The summed E-state index contributed by atoms with van der Waals surface area (Å²) in [5, 5.41) is 2.45. The molecule has 1 saturated heterocycles. The molecule has 0 aromatic heterocycles. The second kappa shape index (κ2) is 8.33. The standard InChI is InChI=1S/C17H23N3O4/c1-12-7-8-14(16(18)22)10-20(12)15(21)9-19-17(23)24-11-13-5-3-2-4-6-13/h2-6,12,14H,7-11H2,1H3,(H2,18,22)(H,19,23)/t12-,14+/m0/s1. The van der Waals surface area contributed by atoms with Gasteiger partial charge in [-0.15, -0.1) is 0 Å². The van der Waals surface area contributed by atoms with Gasteiger partial charge in [0.1, 0.15) is 13.2 Å². The van der Waals surface area contributed by atoms with Crippen molar-refractivity contribution in [1.29, 1.82) is 0 Å². The molecule has 2 atom stereocenters. The number of carbonyl (C=O) groups excluding carboxylic acids is 3. The largest absolute Gasteiger partial charge is 0.445 e. The van der Waals surface area contributed by atoms with Crippen LogP contribution in [0.4, 0.5) is 4.79 Å². The van der Waals surface area contributed by atoms with Gasteiger partial charge in [0.2, 0.25) is 11.8 Å². The zero-order valence-electron chi connectivity index (χ0n) is 13.7. The topological polar surface area (TPSA) is 102 Å². The molecule has 7 heteroatoms. The number of carbonyl (C=O) groups is 3. The molecular formula is C17H23N3O4. The maximum absolute atomic E-state index is 12.3. The van der Waals surface area contributed by atoms with E-state index in [-0.39, 0.29) is 31.0 Å². The molecule has 130 valence electrons. The van der Waals surface area contributed by atoms with Gasteiger partial charge in [0.05, 0.1) is 5.92 Å². The third-order valence-electron chi connectivity index (χ3n) is 4.20. The monoisotopic (exact) mass is 333 g/mol. The lowest BCUT2D eigenvalue weighted by molar-refractivity contribution is -0.136. The average Bonchev–Trinajstić information content (AvgIpc) is 2.59. The second-order valence-corrected chi connectivity index (χ2v) is 5.99. The Hall–Kier alpha value is -2.57. The first-order chi connectivity index (χ1) is 11.5. The van der Waals surface area contributed by atoms with E-state index in [2.05, 4.69) is 5.32 Å². The summed E-state index contributed by atoms with van der Waals surface area (Å²) in [5.41, 5.74) is 6.19. The number of nitrogens with one attached hydrogen (secondary N) is 1. The Bertz CT molecular complexity index is 591. The van der Waals surface area contributed by atoms with Crippen molar-refractivity contribution in [3.8, 4) is 0 Å². The summed E-state index contributed by atoms with van der Waals surface area (Å²) in [4.78, 5) is 36.8. The van der Waals surface area contributed by atoms with Crippen LogP contribution in [0.25, 0.3) is 0 Å². The van der Waals surface area contributed by atoms with Crippen molar-refractivity contribution in [2.24, 2.45) is 11.7 Å². The predicted octanol–water partition coefficient (Wildman–Crippen LogP) is 1.03. The van der Waals surface area contributed by atoms with E-state index in [0.29, 0.717) is 13.0 Å². The Morgan fingerprint density at radius 1 is 1.25 bits per heavy atom. The molecule has 24 heavy (non-hydrogen) atoms. The Kier molecular flexibility index (Phi) is 6.17. The van der Waals surface area contributed by atoms with Gasteiger partial charge in [0.15, 0.2) is 0 Å². The van der Waals surface area contributed by atoms with Gasteiger partial charge in [-0.1, -0.05) is 30.3 Å². The van der Waals surface area contributed by atoms with Crippen molar-refractivity contribution < 1.29 is 19.1 Å². The summed E-state index contributed by atoms with van der Waals surface area (Å²) in [5.74, 6) is -0.963. The lowest BCUT2D eigenvalue weighted by Gasteiger charge is -2.36. The van der Waals surface area contributed by atoms with Gasteiger partial charge in [0.25, 0.3) is 0 Å². The fourth-order valence-electron chi connectivity index (χ4n) is 2.71. The summed E-state index contributed by atoms with van der Waals surface area (Å²) in [6.07, 6.45) is 0.758. The average molecular weight is 333 g/mol. The fourth-order valence-corrected chi connectivity index (χ4v) is 2.71. The van der Waals surface area contributed by atoms with E-state index in [4.69, 9.17) is 10.5 Å². The summed E-state index contributed by atoms with van der Waals surface area (Å²) in [6.45, 7) is 2.20. The van der Waals surface area contributed by atoms with Crippen molar-refractivity contribution >= 4 is 17.9 Å². The number of nitrogens with two attached hydrogens (primary N) is 1. The van der Waals surface area contributed by atoms with Crippen LogP contribution in [0.2, 0.25) is 0 Å². The highest BCUT2D eigenvalue weighted by atomic mass is 16.5. The molecule has 3 N–H and O–H groups in total. The minimum Gasteiger partial charge on any atom is -0.445 e. The van der Waals surface area contributed by atoms with E-state index in [9.17, 15) is 14.4 Å². The van der Waals surface area contributed by atoms with Crippen molar-refractivity contribution in [2.45, 2.75) is 32.4 Å². The van der Waals surface area contributed by atoms with Crippen LogP contribution < -0.4 is 11.1 Å². The van der Waals surface area contributed by atoms with Crippen LogP contribution in [-0.2, 0) is 20.9 Å². The Balaban J connectivity index is 1.77. The molecule has 0 unspecified atom stereocenters. The highest BCUT2D eigenvalue weighted by Crippen LogP contribution is 2.21. The minimum absolute atomic E-state index is 0.0234. The number of primary amides is 1. The van der Waals surface area contributed by atoms with Crippen LogP contribution in [0.15, 0.2) is 30.3 Å². The number of amides is 3. The van der Waals surface area contributed by atoms with E-state index < -0.39 is 12.0 Å². The molecule has 0 aliphatic carbocycles. The lowest BCUT2D eigenvalue weighted by Crippen LogP contribution is -2.51. The number of nitrogens with zero attached hydrogens (tertiary/aromatic N) is 1. The molecule has 1 aliphatic rings. The van der Waals surface area contributed by atoms with Crippen LogP contribution >= 0.6 is 0 Å².